The van der Waals surface area contributed by atoms with Gasteiger partial charge in [0.25, 0.3) is 0 Å². The number of nitrogens with one attached hydrogen (secondary N) is 1. The molecule has 0 spiro atoms. The fourth-order valence-corrected chi connectivity index (χ4v) is 2.38. The van der Waals surface area contributed by atoms with Crippen molar-refractivity contribution >= 4 is 5.82 Å². The molecule has 0 bridgehead atoms. The van der Waals surface area contributed by atoms with Crippen molar-refractivity contribution in [3.63, 3.8) is 0 Å². The molecule has 3 heteroatoms. The van der Waals surface area contributed by atoms with Crippen molar-refractivity contribution in [1.82, 2.24) is 9.97 Å². The van der Waals surface area contributed by atoms with Crippen LogP contribution in [0, 0.1) is 13.8 Å². The molecular weight excluding hydrogens is 258 g/mol. The van der Waals surface area contributed by atoms with E-state index in [0.29, 0.717) is 0 Å². The van der Waals surface area contributed by atoms with Gasteiger partial charge in [0, 0.05) is 17.7 Å². The number of benzene rings is 1. The highest BCUT2D eigenvalue weighted by atomic mass is 15.0. The average molecular weight is 283 g/mol. The lowest BCUT2D eigenvalue weighted by Gasteiger charge is -2.19. The Bertz CT molecular complexity index is 622. The predicted molar refractivity (Wildman–Crippen MR) is 89.8 cm³/mol. The monoisotopic (exact) mass is 283 g/mol. The van der Waals surface area contributed by atoms with Crippen molar-refractivity contribution < 1.29 is 0 Å². The Labute approximate surface area is 127 Å². The summed E-state index contributed by atoms with van der Waals surface area (Å²) in [6.45, 7) is 13.6. The van der Waals surface area contributed by atoms with Gasteiger partial charge in [-0.1, -0.05) is 45.0 Å². The molecule has 1 aromatic heterocycles. The van der Waals surface area contributed by atoms with Crippen molar-refractivity contribution in [3.05, 3.63) is 41.2 Å². The Morgan fingerprint density at radius 1 is 1.00 bits per heavy atom. The van der Waals surface area contributed by atoms with Crippen molar-refractivity contribution in [2.45, 2.75) is 47.0 Å². The maximum atomic E-state index is 4.63. The van der Waals surface area contributed by atoms with Gasteiger partial charge < -0.3 is 5.32 Å². The Hall–Kier alpha value is -1.90. The molecule has 0 atom stereocenters. The molecule has 2 aromatic rings. The molecule has 0 fully saturated rings. The third-order valence-electron chi connectivity index (χ3n) is 3.63. The molecule has 0 radical (unpaired) electrons. The van der Waals surface area contributed by atoms with Gasteiger partial charge in [0.2, 0.25) is 0 Å². The summed E-state index contributed by atoms with van der Waals surface area (Å²) in [7, 11) is 0. The van der Waals surface area contributed by atoms with Crippen LogP contribution in [-0.2, 0) is 5.41 Å². The van der Waals surface area contributed by atoms with E-state index in [-0.39, 0.29) is 5.41 Å². The molecule has 0 amide bonds. The molecular formula is C18H25N3. The summed E-state index contributed by atoms with van der Waals surface area (Å²) in [6, 6.07) is 8.70. The lowest BCUT2D eigenvalue weighted by molar-refractivity contribution is 0.590. The average Bonchev–Trinajstić information content (AvgIpc) is 2.42. The zero-order chi connectivity index (χ0) is 15.6. The molecule has 1 heterocycles. The largest absolute Gasteiger partial charge is 0.370 e. The van der Waals surface area contributed by atoms with Crippen LogP contribution in [0.1, 0.15) is 44.6 Å². The highest BCUT2D eigenvalue weighted by Crippen LogP contribution is 2.28. The van der Waals surface area contributed by atoms with E-state index in [9.17, 15) is 0 Å². The Morgan fingerprint density at radius 3 is 2.14 bits per heavy atom. The number of hydrogen-bond donors (Lipinski definition) is 1. The van der Waals surface area contributed by atoms with E-state index < -0.39 is 0 Å². The quantitative estimate of drug-likeness (QED) is 0.902. The van der Waals surface area contributed by atoms with E-state index >= 15 is 0 Å². The van der Waals surface area contributed by atoms with E-state index in [2.05, 4.69) is 74.2 Å². The van der Waals surface area contributed by atoms with E-state index in [0.717, 1.165) is 35.0 Å². The molecule has 0 aliphatic rings. The zero-order valence-electron chi connectivity index (χ0n) is 13.9. The first-order chi connectivity index (χ1) is 9.82. The second-order valence-corrected chi connectivity index (χ2v) is 6.45. The minimum absolute atomic E-state index is 0.171. The van der Waals surface area contributed by atoms with Crippen LogP contribution in [-0.4, -0.2) is 16.5 Å². The smallest absolute Gasteiger partial charge is 0.133 e. The Kier molecular flexibility index (Phi) is 4.31. The molecule has 1 aromatic carbocycles. The number of aryl methyl sites for hydroxylation is 1. The summed E-state index contributed by atoms with van der Waals surface area (Å²) in [5.74, 6) is 1.73. The van der Waals surface area contributed by atoms with E-state index in [4.69, 9.17) is 0 Å². The zero-order valence-corrected chi connectivity index (χ0v) is 13.9. The van der Waals surface area contributed by atoms with Gasteiger partial charge in [-0.25, -0.2) is 9.97 Å². The lowest BCUT2D eigenvalue weighted by Crippen LogP contribution is -2.10. The summed E-state index contributed by atoms with van der Waals surface area (Å²) >= 11 is 0. The molecule has 3 nitrogen and oxygen atoms in total. The topological polar surface area (TPSA) is 37.8 Å². The van der Waals surface area contributed by atoms with Gasteiger partial charge in [-0.3, -0.25) is 0 Å². The number of aromatic nitrogens is 2. The van der Waals surface area contributed by atoms with E-state index in [1.54, 1.807) is 0 Å². The molecule has 0 saturated carbocycles. The molecule has 0 saturated heterocycles. The summed E-state index contributed by atoms with van der Waals surface area (Å²) in [5, 5.41) is 3.31. The molecule has 2 rings (SSSR count). The van der Waals surface area contributed by atoms with Crippen molar-refractivity contribution in [3.8, 4) is 11.3 Å². The third kappa shape index (κ3) is 3.41. The highest BCUT2D eigenvalue weighted by molar-refractivity contribution is 5.68. The highest BCUT2D eigenvalue weighted by Gasteiger charge is 2.15. The van der Waals surface area contributed by atoms with Crippen molar-refractivity contribution in [2.75, 3.05) is 11.9 Å². The van der Waals surface area contributed by atoms with E-state index in [1.807, 2.05) is 6.92 Å². The normalized spacial score (nSPS) is 11.5. The summed E-state index contributed by atoms with van der Waals surface area (Å²) in [6.07, 6.45) is 0. The van der Waals surface area contributed by atoms with Gasteiger partial charge in [0.05, 0.1) is 5.69 Å². The van der Waals surface area contributed by atoms with Crippen LogP contribution >= 0.6 is 0 Å². The van der Waals surface area contributed by atoms with E-state index in [1.165, 1.54) is 5.56 Å². The van der Waals surface area contributed by atoms with Crippen LogP contribution in [0.4, 0.5) is 5.82 Å². The molecule has 0 unspecified atom stereocenters. The Morgan fingerprint density at radius 2 is 1.62 bits per heavy atom. The number of hydrogen-bond acceptors (Lipinski definition) is 3. The lowest BCUT2D eigenvalue weighted by atomic mass is 9.86. The van der Waals surface area contributed by atoms with Gasteiger partial charge >= 0.3 is 0 Å². The van der Waals surface area contributed by atoms with Crippen LogP contribution in [0.25, 0.3) is 11.3 Å². The predicted octanol–water partition coefficient (Wildman–Crippen LogP) is 4.49. The van der Waals surface area contributed by atoms with Gasteiger partial charge in [-0.2, -0.15) is 0 Å². The molecule has 1 N–H and O–H groups in total. The van der Waals surface area contributed by atoms with Gasteiger partial charge in [0.15, 0.2) is 0 Å². The minimum atomic E-state index is 0.171. The Balaban J connectivity index is 2.47. The van der Waals surface area contributed by atoms with Crippen LogP contribution < -0.4 is 5.32 Å². The fourth-order valence-electron chi connectivity index (χ4n) is 2.38. The van der Waals surface area contributed by atoms with Gasteiger partial charge in [-0.05, 0) is 31.7 Å². The molecule has 112 valence electrons. The number of nitrogens with zero attached hydrogens (tertiary/aromatic N) is 2. The van der Waals surface area contributed by atoms with Crippen LogP contribution in [0.2, 0.25) is 0 Å². The second kappa shape index (κ2) is 5.84. The first-order valence-electron chi connectivity index (χ1n) is 7.53. The maximum Gasteiger partial charge on any atom is 0.133 e. The fraction of sp³-hybridized carbons (Fsp3) is 0.444. The summed E-state index contributed by atoms with van der Waals surface area (Å²) in [4.78, 5) is 9.11. The van der Waals surface area contributed by atoms with Gasteiger partial charge in [0.1, 0.15) is 11.6 Å². The summed E-state index contributed by atoms with van der Waals surface area (Å²) in [5.41, 5.74) is 4.76. The van der Waals surface area contributed by atoms with Crippen LogP contribution in [0.15, 0.2) is 24.3 Å². The van der Waals surface area contributed by atoms with Crippen molar-refractivity contribution in [2.24, 2.45) is 0 Å². The van der Waals surface area contributed by atoms with Crippen molar-refractivity contribution in [1.29, 1.82) is 0 Å². The first-order valence-corrected chi connectivity index (χ1v) is 7.53. The third-order valence-corrected chi connectivity index (χ3v) is 3.63. The second-order valence-electron chi connectivity index (χ2n) is 6.45. The van der Waals surface area contributed by atoms with Crippen LogP contribution in [0.3, 0.4) is 0 Å². The SMILES string of the molecule is CCNc1nc(C)nc(-c2ccc(C(C)(C)C)cc2)c1C. The first kappa shape index (κ1) is 15.5. The number of rotatable bonds is 3. The van der Waals surface area contributed by atoms with Gasteiger partial charge in [-0.15, -0.1) is 0 Å². The molecule has 0 aliphatic carbocycles. The molecule has 0 aliphatic heterocycles. The summed E-state index contributed by atoms with van der Waals surface area (Å²) < 4.78 is 0. The standard InChI is InChI=1S/C18H25N3/c1-7-19-17-12(2)16(20-13(3)21-17)14-8-10-15(11-9-14)18(4,5)6/h8-11H,7H2,1-6H3,(H,19,20,21). The number of anilines is 1. The minimum Gasteiger partial charge on any atom is -0.370 e. The maximum absolute atomic E-state index is 4.63. The van der Waals surface area contributed by atoms with Crippen LogP contribution in [0.5, 0.6) is 0 Å². The molecule has 21 heavy (non-hydrogen) atoms.